The van der Waals surface area contributed by atoms with Gasteiger partial charge in [-0.15, -0.1) is 0 Å². The van der Waals surface area contributed by atoms with E-state index in [2.05, 4.69) is 11.7 Å². The lowest BCUT2D eigenvalue weighted by Gasteiger charge is -2.07. The van der Waals surface area contributed by atoms with Gasteiger partial charge in [0.05, 0.1) is 7.11 Å². The Morgan fingerprint density at radius 3 is 2.20 bits per heavy atom. The Morgan fingerprint density at radius 1 is 1.13 bits per heavy atom. The Hall–Kier alpha value is -0.570. The Balaban J connectivity index is 3.20. The van der Waals surface area contributed by atoms with Crippen molar-refractivity contribution in [2.45, 2.75) is 64.4 Å². The van der Waals surface area contributed by atoms with Crippen LogP contribution in [0.5, 0.6) is 0 Å². The van der Waals surface area contributed by atoms with Crippen LogP contribution in [0.1, 0.15) is 58.3 Å². The highest BCUT2D eigenvalue weighted by Crippen LogP contribution is 2.10. The third-order valence-corrected chi connectivity index (χ3v) is 2.55. The minimum absolute atomic E-state index is 0.513. The number of esters is 1. The standard InChI is InChI=1S/C12H24O3/c1-3-4-5-6-7-8-9-10-11(13)12(14)15-2/h11,13H,3-10H2,1-2H3/t11-/m0/s1. The van der Waals surface area contributed by atoms with Gasteiger partial charge in [0, 0.05) is 0 Å². The molecule has 0 aliphatic carbocycles. The Morgan fingerprint density at radius 2 is 1.67 bits per heavy atom. The van der Waals surface area contributed by atoms with E-state index in [1.165, 1.54) is 39.2 Å². The van der Waals surface area contributed by atoms with Gasteiger partial charge in [-0.1, -0.05) is 51.9 Å². The van der Waals surface area contributed by atoms with E-state index in [1.54, 1.807) is 0 Å². The van der Waals surface area contributed by atoms with Crippen LogP contribution in [0.3, 0.4) is 0 Å². The van der Waals surface area contributed by atoms with Crippen molar-refractivity contribution in [1.82, 2.24) is 0 Å². The van der Waals surface area contributed by atoms with Crippen molar-refractivity contribution >= 4 is 5.97 Å². The smallest absolute Gasteiger partial charge is 0.334 e. The lowest BCUT2D eigenvalue weighted by atomic mass is 10.1. The third-order valence-electron chi connectivity index (χ3n) is 2.55. The van der Waals surface area contributed by atoms with Crippen molar-refractivity contribution in [3.8, 4) is 0 Å². The molecule has 0 spiro atoms. The summed E-state index contributed by atoms with van der Waals surface area (Å²) in [4.78, 5) is 10.8. The summed E-state index contributed by atoms with van der Waals surface area (Å²) in [5, 5.41) is 9.28. The van der Waals surface area contributed by atoms with Crippen LogP contribution in [0.4, 0.5) is 0 Å². The maximum atomic E-state index is 10.8. The maximum absolute atomic E-state index is 10.8. The number of hydrogen-bond acceptors (Lipinski definition) is 3. The summed E-state index contributed by atoms with van der Waals surface area (Å²) < 4.78 is 4.43. The molecular formula is C12H24O3. The van der Waals surface area contributed by atoms with Crippen LogP contribution in [0.25, 0.3) is 0 Å². The van der Waals surface area contributed by atoms with Crippen molar-refractivity contribution < 1.29 is 14.6 Å². The molecule has 0 bridgehead atoms. The van der Waals surface area contributed by atoms with Gasteiger partial charge in [-0.25, -0.2) is 4.79 Å². The number of carbonyl (C=O) groups is 1. The van der Waals surface area contributed by atoms with Crippen molar-refractivity contribution in [1.29, 1.82) is 0 Å². The zero-order valence-corrected chi connectivity index (χ0v) is 10.00. The fourth-order valence-corrected chi connectivity index (χ4v) is 1.55. The minimum atomic E-state index is -0.925. The Kier molecular flexibility index (Phi) is 9.59. The van der Waals surface area contributed by atoms with Crippen molar-refractivity contribution in [3.63, 3.8) is 0 Å². The minimum Gasteiger partial charge on any atom is -0.467 e. The summed E-state index contributed by atoms with van der Waals surface area (Å²) >= 11 is 0. The molecule has 3 nitrogen and oxygen atoms in total. The molecule has 15 heavy (non-hydrogen) atoms. The molecule has 1 N–H and O–H groups in total. The van der Waals surface area contributed by atoms with Crippen molar-refractivity contribution in [2.75, 3.05) is 7.11 Å². The molecule has 0 unspecified atom stereocenters. The molecular weight excluding hydrogens is 192 g/mol. The molecule has 90 valence electrons. The summed E-state index contributed by atoms with van der Waals surface area (Å²) in [6.07, 6.45) is 7.95. The first-order valence-corrected chi connectivity index (χ1v) is 5.98. The van der Waals surface area contributed by atoms with Crippen LogP contribution in [0, 0.1) is 0 Å². The van der Waals surface area contributed by atoms with Crippen LogP contribution in [-0.2, 0) is 9.53 Å². The van der Waals surface area contributed by atoms with Crippen LogP contribution < -0.4 is 0 Å². The van der Waals surface area contributed by atoms with E-state index < -0.39 is 12.1 Å². The SMILES string of the molecule is CCCCCCCCC[C@H](O)C(=O)OC. The first-order valence-electron chi connectivity index (χ1n) is 5.98. The molecule has 0 saturated heterocycles. The van der Waals surface area contributed by atoms with Gasteiger partial charge in [0.2, 0.25) is 0 Å². The molecule has 0 aromatic rings. The predicted molar refractivity (Wildman–Crippen MR) is 60.6 cm³/mol. The van der Waals surface area contributed by atoms with Gasteiger partial charge >= 0.3 is 5.97 Å². The van der Waals surface area contributed by atoms with E-state index in [-0.39, 0.29) is 0 Å². The molecule has 0 aliphatic rings. The van der Waals surface area contributed by atoms with Crippen LogP contribution >= 0.6 is 0 Å². The molecule has 3 heteroatoms. The Labute approximate surface area is 92.8 Å². The summed E-state index contributed by atoms with van der Waals surface area (Å²) in [5.74, 6) is -0.513. The molecule has 1 atom stereocenters. The van der Waals surface area contributed by atoms with Gasteiger partial charge in [-0.2, -0.15) is 0 Å². The normalized spacial score (nSPS) is 12.5. The second-order valence-corrected chi connectivity index (χ2v) is 3.95. The van der Waals surface area contributed by atoms with Gasteiger partial charge < -0.3 is 9.84 Å². The van der Waals surface area contributed by atoms with Crippen LogP contribution in [0.2, 0.25) is 0 Å². The molecule has 0 saturated carbocycles. The van der Waals surface area contributed by atoms with Gasteiger partial charge in [0.25, 0.3) is 0 Å². The number of carbonyl (C=O) groups excluding carboxylic acids is 1. The fourth-order valence-electron chi connectivity index (χ4n) is 1.55. The van der Waals surface area contributed by atoms with E-state index in [1.807, 2.05) is 0 Å². The van der Waals surface area contributed by atoms with Gasteiger partial charge in [-0.3, -0.25) is 0 Å². The van der Waals surface area contributed by atoms with E-state index in [4.69, 9.17) is 0 Å². The molecule has 0 aromatic carbocycles. The van der Waals surface area contributed by atoms with Gasteiger partial charge in [0.15, 0.2) is 6.10 Å². The summed E-state index contributed by atoms with van der Waals surface area (Å²) in [6.45, 7) is 2.20. The molecule has 0 fully saturated rings. The average Bonchev–Trinajstić information content (AvgIpc) is 2.26. The number of ether oxygens (including phenoxy) is 1. The van der Waals surface area contributed by atoms with Gasteiger partial charge in [-0.05, 0) is 6.42 Å². The lowest BCUT2D eigenvalue weighted by Crippen LogP contribution is -2.21. The number of aliphatic hydroxyl groups excluding tert-OH is 1. The molecule has 0 heterocycles. The highest BCUT2D eigenvalue weighted by molar-refractivity contribution is 5.74. The van der Waals surface area contributed by atoms with Crippen LogP contribution in [0.15, 0.2) is 0 Å². The lowest BCUT2D eigenvalue weighted by molar-refractivity contribution is -0.150. The topological polar surface area (TPSA) is 46.5 Å². The average molecular weight is 216 g/mol. The monoisotopic (exact) mass is 216 g/mol. The zero-order valence-electron chi connectivity index (χ0n) is 10.00. The highest BCUT2D eigenvalue weighted by Gasteiger charge is 2.13. The quantitative estimate of drug-likeness (QED) is 0.476. The summed E-state index contributed by atoms with van der Waals surface area (Å²) in [7, 11) is 1.30. The van der Waals surface area contributed by atoms with E-state index in [0.29, 0.717) is 6.42 Å². The number of methoxy groups -OCH3 is 1. The first-order chi connectivity index (χ1) is 7.22. The zero-order chi connectivity index (χ0) is 11.5. The first kappa shape index (κ1) is 14.4. The Bertz CT molecular complexity index is 157. The number of rotatable bonds is 9. The molecule has 0 amide bonds. The third kappa shape index (κ3) is 8.43. The van der Waals surface area contributed by atoms with Gasteiger partial charge in [0.1, 0.15) is 0 Å². The molecule has 0 aliphatic heterocycles. The van der Waals surface area contributed by atoms with Crippen LogP contribution in [-0.4, -0.2) is 24.3 Å². The highest BCUT2D eigenvalue weighted by atomic mass is 16.5. The number of aliphatic hydroxyl groups is 1. The van der Waals surface area contributed by atoms with E-state index in [9.17, 15) is 9.90 Å². The summed E-state index contributed by atoms with van der Waals surface area (Å²) in [6, 6.07) is 0. The number of unbranched alkanes of at least 4 members (excludes halogenated alkanes) is 6. The number of hydrogen-bond donors (Lipinski definition) is 1. The fraction of sp³-hybridized carbons (Fsp3) is 0.917. The summed E-state index contributed by atoms with van der Waals surface area (Å²) in [5.41, 5.74) is 0. The molecule has 0 rings (SSSR count). The van der Waals surface area contributed by atoms with Crippen molar-refractivity contribution in [3.05, 3.63) is 0 Å². The van der Waals surface area contributed by atoms with Crippen molar-refractivity contribution in [2.24, 2.45) is 0 Å². The van der Waals surface area contributed by atoms with E-state index in [0.717, 1.165) is 12.8 Å². The van der Waals surface area contributed by atoms with E-state index >= 15 is 0 Å². The second kappa shape index (κ2) is 9.97. The maximum Gasteiger partial charge on any atom is 0.334 e. The molecule has 0 aromatic heterocycles. The molecule has 0 radical (unpaired) electrons. The largest absolute Gasteiger partial charge is 0.467 e. The predicted octanol–water partition coefficient (Wildman–Crippen LogP) is 2.66. The second-order valence-electron chi connectivity index (χ2n) is 3.95.